The van der Waals surface area contributed by atoms with Crippen LogP contribution in [0.15, 0.2) is 12.3 Å². The average Bonchev–Trinajstić information content (AvgIpc) is 2.23. The van der Waals surface area contributed by atoms with Crippen LogP contribution in [-0.4, -0.2) is 21.2 Å². The topological polar surface area (TPSA) is 16.1 Å². The summed E-state index contributed by atoms with van der Waals surface area (Å²) in [6, 6.07) is 1.65. The van der Waals surface area contributed by atoms with Gasteiger partial charge in [-0.1, -0.05) is 0 Å². The summed E-state index contributed by atoms with van der Waals surface area (Å²) in [6.07, 6.45) is 4.03. The lowest BCUT2D eigenvalue weighted by atomic mass is 9.91. The summed E-state index contributed by atoms with van der Waals surface area (Å²) in [6.45, 7) is 3.87. The molecule has 0 radical (unpaired) electrons. The maximum absolute atomic E-state index is 13.3. The zero-order valence-corrected chi connectivity index (χ0v) is 10.9. The van der Waals surface area contributed by atoms with Gasteiger partial charge >= 0.3 is 0 Å². The van der Waals surface area contributed by atoms with Gasteiger partial charge in [-0.3, -0.25) is 4.98 Å². The molecule has 1 saturated heterocycles. The van der Waals surface area contributed by atoms with Crippen molar-refractivity contribution >= 4 is 22.9 Å². The van der Waals surface area contributed by atoms with Gasteiger partial charge in [0.2, 0.25) is 0 Å². The van der Waals surface area contributed by atoms with Gasteiger partial charge in [0, 0.05) is 42.2 Å². The first-order chi connectivity index (χ1) is 7.16. The van der Waals surface area contributed by atoms with Crippen LogP contribution in [0.1, 0.15) is 30.0 Å². The number of pyridine rings is 1. The highest BCUT2D eigenvalue weighted by molar-refractivity contribution is 14.1. The van der Waals surface area contributed by atoms with Gasteiger partial charge in [0.1, 0.15) is 5.82 Å². The minimum Gasteiger partial charge on any atom is -0.258 e. The van der Waals surface area contributed by atoms with Gasteiger partial charge in [0.25, 0.3) is 0 Å². The van der Waals surface area contributed by atoms with Crippen molar-refractivity contribution in [2.45, 2.75) is 25.7 Å². The van der Waals surface area contributed by atoms with Crippen LogP contribution in [0.5, 0.6) is 0 Å². The molecule has 0 spiro atoms. The Labute approximate surface area is 103 Å². The van der Waals surface area contributed by atoms with Gasteiger partial charge in [0.15, 0.2) is 0 Å². The summed E-state index contributed by atoms with van der Waals surface area (Å²) in [4.78, 5) is 4.08. The molecule has 0 bridgehead atoms. The number of halogens is 2. The molecule has 0 atom stereocenters. The van der Waals surface area contributed by atoms with Crippen LogP contribution in [-0.2, 0) is 0 Å². The summed E-state index contributed by atoms with van der Waals surface area (Å²) >= 11 is 2.34. The monoisotopic (exact) mass is 320 g/mol. The van der Waals surface area contributed by atoms with Gasteiger partial charge in [-0.15, -0.1) is 0 Å². The first-order valence-electron chi connectivity index (χ1n) is 5.19. The van der Waals surface area contributed by atoms with Crippen molar-refractivity contribution in [3.8, 4) is 0 Å². The smallest absolute Gasteiger partial charge is 0.144 e. The van der Waals surface area contributed by atoms with Crippen molar-refractivity contribution in [1.29, 1.82) is 0 Å². The molecule has 1 aromatic rings. The standard InChI is InChI=1S/C11H14FIN2/c1-8-11(12)6-10(7-14-8)9-2-4-15(13)5-3-9/h6-7,9H,2-5H2,1H3. The molecule has 1 aromatic heterocycles. The number of aromatic nitrogens is 1. The molecule has 0 saturated carbocycles. The lowest BCUT2D eigenvalue weighted by molar-refractivity contribution is 0.367. The summed E-state index contributed by atoms with van der Waals surface area (Å²) < 4.78 is 15.6. The molecule has 4 heteroatoms. The third-order valence-corrected chi connectivity index (χ3v) is 3.92. The molecule has 2 nitrogen and oxygen atoms in total. The predicted molar refractivity (Wildman–Crippen MR) is 66.5 cm³/mol. The Hall–Kier alpha value is -0.230. The van der Waals surface area contributed by atoms with Crippen molar-refractivity contribution in [1.82, 2.24) is 8.10 Å². The Morgan fingerprint density at radius 1 is 1.47 bits per heavy atom. The van der Waals surface area contributed by atoms with Crippen LogP contribution in [0.2, 0.25) is 0 Å². The van der Waals surface area contributed by atoms with E-state index in [1.165, 1.54) is 0 Å². The van der Waals surface area contributed by atoms with Gasteiger partial charge in [-0.2, -0.15) is 0 Å². The Morgan fingerprint density at radius 2 is 2.13 bits per heavy atom. The van der Waals surface area contributed by atoms with E-state index in [1.807, 2.05) is 6.20 Å². The third-order valence-electron chi connectivity index (χ3n) is 2.96. The minimum atomic E-state index is -0.176. The average molecular weight is 320 g/mol. The number of piperidine rings is 1. The molecule has 0 aromatic carbocycles. The van der Waals surface area contributed by atoms with E-state index < -0.39 is 0 Å². The fraction of sp³-hybridized carbons (Fsp3) is 0.545. The van der Waals surface area contributed by atoms with E-state index in [0.717, 1.165) is 31.5 Å². The fourth-order valence-electron chi connectivity index (χ4n) is 1.93. The van der Waals surface area contributed by atoms with Gasteiger partial charge in [-0.25, -0.2) is 7.50 Å². The lowest BCUT2D eigenvalue weighted by Crippen LogP contribution is -2.24. The molecule has 1 fully saturated rings. The summed E-state index contributed by atoms with van der Waals surface area (Å²) in [5, 5.41) is 0. The third kappa shape index (κ3) is 2.66. The highest BCUT2D eigenvalue weighted by atomic mass is 127. The van der Waals surface area contributed by atoms with Crippen molar-refractivity contribution < 1.29 is 4.39 Å². The van der Waals surface area contributed by atoms with E-state index in [9.17, 15) is 4.39 Å². The lowest BCUT2D eigenvalue weighted by Gasteiger charge is -2.27. The summed E-state index contributed by atoms with van der Waals surface area (Å²) in [5.41, 5.74) is 1.55. The first kappa shape index (κ1) is 11.3. The highest BCUT2D eigenvalue weighted by Gasteiger charge is 2.19. The molecule has 2 rings (SSSR count). The van der Waals surface area contributed by atoms with Gasteiger partial charge < -0.3 is 0 Å². The van der Waals surface area contributed by atoms with Crippen LogP contribution < -0.4 is 0 Å². The first-order valence-corrected chi connectivity index (χ1v) is 6.16. The molecule has 0 unspecified atom stereocenters. The molecule has 0 amide bonds. The fourth-order valence-corrected chi connectivity index (χ4v) is 2.48. The van der Waals surface area contributed by atoms with Crippen LogP contribution >= 0.6 is 22.9 Å². The van der Waals surface area contributed by atoms with Crippen LogP contribution in [0.25, 0.3) is 0 Å². The van der Waals surface area contributed by atoms with Gasteiger partial charge in [-0.05, 0) is 37.3 Å². The van der Waals surface area contributed by atoms with Crippen molar-refractivity contribution in [3.05, 3.63) is 29.3 Å². The molecule has 1 aliphatic heterocycles. The van der Waals surface area contributed by atoms with Crippen LogP contribution in [0, 0.1) is 12.7 Å². The number of nitrogens with zero attached hydrogens (tertiary/aromatic N) is 2. The molecular weight excluding hydrogens is 306 g/mol. The minimum absolute atomic E-state index is 0.176. The van der Waals surface area contributed by atoms with E-state index in [4.69, 9.17) is 0 Å². The number of rotatable bonds is 1. The Morgan fingerprint density at radius 3 is 2.73 bits per heavy atom. The van der Waals surface area contributed by atoms with E-state index >= 15 is 0 Å². The number of aryl methyl sites for hydroxylation is 1. The second-order valence-corrected chi connectivity index (χ2v) is 5.38. The molecule has 0 N–H and O–H groups in total. The molecule has 15 heavy (non-hydrogen) atoms. The number of hydrogen-bond donors (Lipinski definition) is 0. The van der Waals surface area contributed by atoms with Crippen molar-refractivity contribution in [2.75, 3.05) is 13.1 Å². The quantitative estimate of drug-likeness (QED) is 0.584. The molecule has 0 aliphatic carbocycles. The van der Waals surface area contributed by atoms with Crippen molar-refractivity contribution in [3.63, 3.8) is 0 Å². The molecule has 1 aliphatic rings. The largest absolute Gasteiger partial charge is 0.258 e. The zero-order chi connectivity index (χ0) is 10.8. The Kier molecular flexibility index (Phi) is 3.56. The van der Waals surface area contributed by atoms with Crippen LogP contribution in [0.3, 0.4) is 0 Å². The molecule has 82 valence electrons. The van der Waals surface area contributed by atoms with E-state index in [0.29, 0.717) is 11.6 Å². The SMILES string of the molecule is Cc1ncc(C2CCN(I)CC2)cc1F. The number of hydrogen-bond acceptors (Lipinski definition) is 2. The predicted octanol–water partition coefficient (Wildman–Crippen LogP) is 3.06. The van der Waals surface area contributed by atoms with E-state index in [-0.39, 0.29) is 5.82 Å². The maximum Gasteiger partial charge on any atom is 0.144 e. The zero-order valence-electron chi connectivity index (χ0n) is 8.71. The second kappa shape index (κ2) is 4.74. The summed E-state index contributed by atoms with van der Waals surface area (Å²) in [5.74, 6) is 0.308. The van der Waals surface area contributed by atoms with Crippen LogP contribution in [0.4, 0.5) is 4.39 Å². The highest BCUT2D eigenvalue weighted by Crippen LogP contribution is 2.29. The summed E-state index contributed by atoms with van der Waals surface area (Å²) in [7, 11) is 0. The maximum atomic E-state index is 13.3. The molecular formula is C11H14FIN2. The van der Waals surface area contributed by atoms with E-state index in [1.54, 1.807) is 13.0 Å². The normalized spacial score (nSPS) is 19.4. The Bertz CT molecular complexity index is 348. The van der Waals surface area contributed by atoms with Crippen molar-refractivity contribution in [2.24, 2.45) is 0 Å². The molecule has 2 heterocycles. The Balaban J connectivity index is 2.12. The second-order valence-electron chi connectivity index (χ2n) is 4.02. The van der Waals surface area contributed by atoms with Gasteiger partial charge in [0.05, 0.1) is 5.69 Å². The van der Waals surface area contributed by atoms with E-state index in [2.05, 4.69) is 31.0 Å².